The Kier molecular flexibility index (Phi) is 6.41. The molecule has 2 aromatic heterocycles. The molecule has 0 saturated heterocycles. The van der Waals surface area contributed by atoms with Crippen LogP contribution in [0.1, 0.15) is 29.8 Å². The third-order valence-electron chi connectivity index (χ3n) is 4.61. The molecule has 0 aliphatic rings. The van der Waals surface area contributed by atoms with Gasteiger partial charge in [-0.25, -0.2) is 9.67 Å². The number of aryl methyl sites for hydroxylation is 1. The summed E-state index contributed by atoms with van der Waals surface area (Å²) in [6, 6.07) is 4.35. The van der Waals surface area contributed by atoms with Crippen molar-refractivity contribution in [2.45, 2.75) is 33.0 Å². The van der Waals surface area contributed by atoms with E-state index in [1.54, 1.807) is 30.1 Å². The average Bonchev–Trinajstić information content (AvgIpc) is 3.15. The molecule has 0 unspecified atom stereocenters. The molecule has 1 aromatic carbocycles. The molecule has 0 bridgehead atoms. The van der Waals surface area contributed by atoms with Crippen molar-refractivity contribution in [2.75, 3.05) is 12.4 Å². The molecule has 0 saturated carbocycles. The highest BCUT2D eigenvalue weighted by Gasteiger charge is 2.21. The van der Waals surface area contributed by atoms with Crippen molar-refractivity contribution < 1.29 is 19.4 Å². The molecule has 3 aromatic rings. The SMILES string of the molecule is CCn1ncc2c(NCc3ccc(OC)c(Cl)c3)c(C(=O)N[C@@H](C)C(=O)O)cnc21. The van der Waals surface area contributed by atoms with Gasteiger partial charge in [-0.05, 0) is 31.5 Å². The lowest BCUT2D eigenvalue weighted by atomic mass is 10.1. The van der Waals surface area contributed by atoms with Crippen LogP contribution in [0.4, 0.5) is 5.69 Å². The number of methoxy groups -OCH3 is 1. The number of benzene rings is 1. The summed E-state index contributed by atoms with van der Waals surface area (Å²) < 4.78 is 6.88. The Morgan fingerprint density at radius 2 is 2.10 bits per heavy atom. The van der Waals surface area contributed by atoms with Crippen molar-refractivity contribution in [3.8, 4) is 5.75 Å². The van der Waals surface area contributed by atoms with Crippen LogP contribution in [0.2, 0.25) is 5.02 Å². The number of hydrogen-bond donors (Lipinski definition) is 3. The maximum Gasteiger partial charge on any atom is 0.325 e. The number of anilines is 1. The molecule has 1 atom stereocenters. The maximum absolute atomic E-state index is 12.7. The fourth-order valence-corrected chi connectivity index (χ4v) is 3.25. The minimum atomic E-state index is -1.13. The minimum absolute atomic E-state index is 0.228. The van der Waals surface area contributed by atoms with E-state index in [0.29, 0.717) is 40.6 Å². The molecule has 0 spiro atoms. The Bertz CT molecular complexity index is 1100. The van der Waals surface area contributed by atoms with Crippen LogP contribution in [0.5, 0.6) is 5.75 Å². The predicted molar refractivity (Wildman–Crippen MR) is 113 cm³/mol. The lowest BCUT2D eigenvalue weighted by Gasteiger charge is -2.15. The van der Waals surface area contributed by atoms with Crippen LogP contribution >= 0.6 is 11.6 Å². The standard InChI is InChI=1S/C20H22ClN5O4/c1-4-26-18-13(10-24-26)17(14(9-23-18)19(27)25-11(2)20(28)29)22-8-12-5-6-16(30-3)15(21)7-12/h5-7,9-11H,4,8H2,1-3H3,(H,22,23)(H,25,27)(H,28,29)/t11-/m0/s1. The number of halogens is 1. The first-order chi connectivity index (χ1) is 14.3. The number of nitrogens with one attached hydrogen (secondary N) is 2. The molecule has 30 heavy (non-hydrogen) atoms. The normalized spacial score (nSPS) is 11.9. The monoisotopic (exact) mass is 431 g/mol. The van der Waals surface area contributed by atoms with Crippen LogP contribution in [0.25, 0.3) is 11.0 Å². The van der Waals surface area contributed by atoms with Gasteiger partial charge in [0.1, 0.15) is 11.8 Å². The van der Waals surface area contributed by atoms with Gasteiger partial charge in [0.25, 0.3) is 5.91 Å². The lowest BCUT2D eigenvalue weighted by Crippen LogP contribution is -2.38. The third kappa shape index (κ3) is 4.30. The Labute approximate surface area is 178 Å². The number of aliphatic carboxylic acids is 1. The molecule has 0 fully saturated rings. The van der Waals surface area contributed by atoms with Crippen molar-refractivity contribution >= 4 is 40.2 Å². The number of rotatable bonds is 8. The van der Waals surface area contributed by atoms with Crippen LogP contribution in [0, 0.1) is 0 Å². The van der Waals surface area contributed by atoms with E-state index in [-0.39, 0.29) is 5.56 Å². The number of carbonyl (C=O) groups excluding carboxylic acids is 1. The largest absolute Gasteiger partial charge is 0.495 e. The number of carboxylic acids is 1. The number of nitrogens with zero attached hydrogens (tertiary/aromatic N) is 3. The van der Waals surface area contributed by atoms with E-state index in [9.17, 15) is 9.59 Å². The van der Waals surface area contributed by atoms with E-state index in [4.69, 9.17) is 21.4 Å². The molecule has 158 valence electrons. The minimum Gasteiger partial charge on any atom is -0.495 e. The van der Waals surface area contributed by atoms with Crippen LogP contribution in [-0.2, 0) is 17.9 Å². The summed E-state index contributed by atoms with van der Waals surface area (Å²) in [7, 11) is 1.54. The predicted octanol–water partition coefficient (Wildman–Crippen LogP) is 2.93. The molecule has 10 heteroatoms. The van der Waals surface area contributed by atoms with Crippen molar-refractivity contribution in [1.29, 1.82) is 0 Å². The molecule has 3 rings (SSSR count). The number of fused-ring (bicyclic) bond motifs is 1. The zero-order valence-corrected chi connectivity index (χ0v) is 17.5. The second kappa shape index (κ2) is 9.00. The zero-order valence-electron chi connectivity index (χ0n) is 16.8. The van der Waals surface area contributed by atoms with Crippen molar-refractivity contribution in [2.24, 2.45) is 0 Å². The highest BCUT2D eigenvalue weighted by molar-refractivity contribution is 6.32. The Morgan fingerprint density at radius 1 is 1.33 bits per heavy atom. The summed E-state index contributed by atoms with van der Waals surface area (Å²) in [6.07, 6.45) is 3.05. The van der Waals surface area contributed by atoms with Crippen LogP contribution in [0.15, 0.2) is 30.6 Å². The van der Waals surface area contributed by atoms with E-state index in [1.807, 2.05) is 13.0 Å². The third-order valence-corrected chi connectivity index (χ3v) is 4.91. The molecule has 2 heterocycles. The first kappa shape index (κ1) is 21.4. The average molecular weight is 432 g/mol. The van der Waals surface area contributed by atoms with E-state index in [0.717, 1.165) is 5.56 Å². The quantitative estimate of drug-likeness (QED) is 0.501. The van der Waals surface area contributed by atoms with Gasteiger partial charge >= 0.3 is 5.97 Å². The van der Waals surface area contributed by atoms with Crippen LogP contribution in [0.3, 0.4) is 0 Å². The second-order valence-corrected chi connectivity index (χ2v) is 7.01. The van der Waals surface area contributed by atoms with Gasteiger partial charge < -0.3 is 20.5 Å². The molecule has 0 aliphatic carbocycles. The molecule has 1 amide bonds. The van der Waals surface area contributed by atoms with Crippen molar-refractivity contribution in [1.82, 2.24) is 20.1 Å². The topological polar surface area (TPSA) is 118 Å². The summed E-state index contributed by atoms with van der Waals surface area (Å²) in [5.41, 5.74) is 2.24. The number of pyridine rings is 1. The number of aromatic nitrogens is 3. The van der Waals surface area contributed by atoms with E-state index >= 15 is 0 Å². The van der Waals surface area contributed by atoms with E-state index in [2.05, 4.69) is 20.7 Å². The number of hydrogen-bond acceptors (Lipinski definition) is 6. The summed E-state index contributed by atoms with van der Waals surface area (Å²) >= 11 is 6.20. The zero-order chi connectivity index (χ0) is 21.8. The van der Waals surface area contributed by atoms with Gasteiger partial charge in [-0.1, -0.05) is 17.7 Å². The lowest BCUT2D eigenvalue weighted by molar-refractivity contribution is -0.138. The smallest absolute Gasteiger partial charge is 0.325 e. The molecule has 9 nitrogen and oxygen atoms in total. The van der Waals surface area contributed by atoms with Crippen molar-refractivity contribution in [3.05, 3.63) is 46.7 Å². The fraction of sp³-hybridized carbons (Fsp3) is 0.300. The van der Waals surface area contributed by atoms with Gasteiger partial charge in [0.15, 0.2) is 5.65 Å². The number of ether oxygens (including phenoxy) is 1. The fourth-order valence-electron chi connectivity index (χ4n) is 2.97. The molecule has 0 radical (unpaired) electrons. The maximum atomic E-state index is 12.7. The van der Waals surface area contributed by atoms with Gasteiger partial charge in [-0.15, -0.1) is 0 Å². The highest BCUT2D eigenvalue weighted by Crippen LogP contribution is 2.28. The summed E-state index contributed by atoms with van der Waals surface area (Å²) in [5, 5.41) is 20.3. The van der Waals surface area contributed by atoms with Gasteiger partial charge in [0.05, 0.1) is 35.0 Å². The number of amides is 1. The first-order valence-electron chi connectivity index (χ1n) is 9.30. The summed E-state index contributed by atoms with van der Waals surface area (Å²) in [6.45, 7) is 4.32. The number of carboxylic acid groups (broad SMARTS) is 1. The van der Waals surface area contributed by atoms with Gasteiger partial charge in [-0.3, -0.25) is 9.59 Å². The van der Waals surface area contributed by atoms with E-state index < -0.39 is 17.9 Å². The van der Waals surface area contributed by atoms with E-state index in [1.165, 1.54) is 13.1 Å². The molecule has 3 N–H and O–H groups in total. The first-order valence-corrected chi connectivity index (χ1v) is 9.68. The Morgan fingerprint density at radius 3 is 2.73 bits per heavy atom. The molecular weight excluding hydrogens is 410 g/mol. The highest BCUT2D eigenvalue weighted by atomic mass is 35.5. The van der Waals surface area contributed by atoms with Crippen molar-refractivity contribution in [3.63, 3.8) is 0 Å². The van der Waals surface area contributed by atoms with Gasteiger partial charge in [0, 0.05) is 19.3 Å². The van der Waals surface area contributed by atoms with Crippen LogP contribution in [-0.4, -0.2) is 44.9 Å². The molecule has 0 aliphatic heterocycles. The van der Waals surface area contributed by atoms with Gasteiger partial charge in [0.2, 0.25) is 0 Å². The van der Waals surface area contributed by atoms with Gasteiger partial charge in [-0.2, -0.15) is 5.10 Å². The van der Waals surface area contributed by atoms with Crippen LogP contribution < -0.4 is 15.4 Å². The summed E-state index contributed by atoms with van der Waals surface area (Å²) in [4.78, 5) is 28.2. The Hall–Kier alpha value is -3.33. The Balaban J connectivity index is 1.97. The molecular formula is C20H22ClN5O4. The number of carbonyl (C=O) groups is 2. The summed E-state index contributed by atoms with van der Waals surface area (Å²) in [5.74, 6) is -1.10. The second-order valence-electron chi connectivity index (χ2n) is 6.60.